The third-order valence-electron chi connectivity index (χ3n) is 5.95. The molecule has 0 atom stereocenters. The fraction of sp³-hybridized carbons (Fsp3) is 0.259. The molecule has 0 bridgehead atoms. The number of aryl methyl sites for hydroxylation is 1. The summed E-state index contributed by atoms with van der Waals surface area (Å²) in [6, 6.07) is 23.3. The van der Waals surface area contributed by atoms with Gasteiger partial charge >= 0.3 is 6.03 Å². The highest BCUT2D eigenvalue weighted by Crippen LogP contribution is 2.27. The Kier molecular flexibility index (Phi) is 6.93. The zero-order chi connectivity index (χ0) is 23.2. The average molecular weight is 443 g/mol. The molecule has 0 fully saturated rings. The van der Waals surface area contributed by atoms with Crippen LogP contribution in [0.3, 0.4) is 0 Å². The van der Waals surface area contributed by atoms with Gasteiger partial charge in [0.05, 0.1) is 0 Å². The van der Waals surface area contributed by atoms with Gasteiger partial charge < -0.3 is 20.4 Å². The van der Waals surface area contributed by atoms with Gasteiger partial charge in [0.15, 0.2) is 0 Å². The van der Waals surface area contributed by atoms with E-state index in [1.54, 1.807) is 0 Å². The van der Waals surface area contributed by atoms with Crippen molar-refractivity contribution in [1.82, 2.24) is 4.90 Å². The van der Waals surface area contributed by atoms with E-state index in [2.05, 4.69) is 33.7 Å². The number of hydrogen-bond acceptors (Lipinski definition) is 3. The number of fused-ring (bicyclic) bond motifs is 1. The smallest absolute Gasteiger partial charge is 0.323 e. The average Bonchev–Trinajstić information content (AvgIpc) is 2.83. The van der Waals surface area contributed by atoms with Gasteiger partial charge in [-0.2, -0.15) is 0 Å². The van der Waals surface area contributed by atoms with Crippen LogP contribution in [0.1, 0.15) is 23.1 Å². The Labute approximate surface area is 195 Å². The van der Waals surface area contributed by atoms with Crippen LogP contribution in [0.2, 0.25) is 0 Å². The quantitative estimate of drug-likeness (QED) is 0.570. The van der Waals surface area contributed by atoms with Crippen molar-refractivity contribution in [1.29, 1.82) is 0 Å². The number of hydrogen-bond donors (Lipinski definition) is 2. The summed E-state index contributed by atoms with van der Waals surface area (Å²) in [5.41, 5.74) is 6.04. The summed E-state index contributed by atoms with van der Waals surface area (Å²) in [7, 11) is 4.04. The summed E-state index contributed by atoms with van der Waals surface area (Å²) in [5, 5.41) is 5.82. The Balaban J connectivity index is 1.36. The first-order valence-electron chi connectivity index (χ1n) is 11.3. The van der Waals surface area contributed by atoms with Gasteiger partial charge in [-0.25, -0.2) is 4.79 Å². The van der Waals surface area contributed by atoms with Crippen molar-refractivity contribution in [2.24, 2.45) is 0 Å². The second kappa shape index (κ2) is 10.2. The van der Waals surface area contributed by atoms with Crippen LogP contribution < -0.4 is 15.5 Å². The molecule has 0 unspecified atom stereocenters. The number of rotatable bonds is 6. The Morgan fingerprint density at radius 1 is 0.939 bits per heavy atom. The molecule has 1 heterocycles. The highest BCUT2D eigenvalue weighted by atomic mass is 16.2. The Morgan fingerprint density at radius 2 is 1.73 bits per heavy atom. The molecule has 33 heavy (non-hydrogen) atoms. The van der Waals surface area contributed by atoms with Crippen molar-refractivity contribution in [3.8, 4) is 0 Å². The lowest BCUT2D eigenvalue weighted by Gasteiger charge is -2.30. The SMILES string of the molecule is CN(C)c1cccc(CCC(=O)N2CCc3c(cccc3NC(=O)Nc3ccccc3)C2)c1. The molecule has 1 aliphatic rings. The summed E-state index contributed by atoms with van der Waals surface area (Å²) in [6.07, 6.45) is 1.94. The van der Waals surface area contributed by atoms with E-state index in [-0.39, 0.29) is 11.9 Å². The second-order valence-electron chi connectivity index (χ2n) is 8.52. The molecule has 6 heteroatoms. The number of para-hydroxylation sites is 1. The fourth-order valence-electron chi connectivity index (χ4n) is 4.15. The Bertz CT molecular complexity index is 1130. The molecule has 0 saturated carbocycles. The Morgan fingerprint density at radius 3 is 2.52 bits per heavy atom. The minimum atomic E-state index is -0.270. The largest absolute Gasteiger partial charge is 0.378 e. The minimum absolute atomic E-state index is 0.163. The van der Waals surface area contributed by atoms with E-state index in [1.807, 2.05) is 73.6 Å². The lowest BCUT2D eigenvalue weighted by atomic mass is 9.97. The molecule has 6 nitrogen and oxygen atoms in total. The second-order valence-corrected chi connectivity index (χ2v) is 8.52. The first-order chi connectivity index (χ1) is 16.0. The summed E-state index contributed by atoms with van der Waals surface area (Å²) >= 11 is 0. The molecule has 1 aliphatic heterocycles. The third-order valence-corrected chi connectivity index (χ3v) is 5.95. The van der Waals surface area contributed by atoms with E-state index in [0.29, 0.717) is 19.5 Å². The molecule has 0 aromatic heterocycles. The van der Waals surface area contributed by atoms with Crippen LogP contribution in [0, 0.1) is 0 Å². The van der Waals surface area contributed by atoms with Crippen molar-refractivity contribution in [2.75, 3.05) is 36.2 Å². The van der Waals surface area contributed by atoms with E-state index in [0.717, 1.165) is 41.0 Å². The normalized spacial score (nSPS) is 12.6. The van der Waals surface area contributed by atoms with Gasteiger partial charge in [0, 0.05) is 50.7 Å². The molecule has 170 valence electrons. The molecule has 2 N–H and O–H groups in total. The van der Waals surface area contributed by atoms with Crippen LogP contribution in [0.4, 0.5) is 21.9 Å². The maximum atomic E-state index is 12.9. The van der Waals surface area contributed by atoms with Gasteiger partial charge in [0.25, 0.3) is 0 Å². The van der Waals surface area contributed by atoms with E-state index in [9.17, 15) is 9.59 Å². The first kappa shape index (κ1) is 22.4. The predicted octanol–water partition coefficient (Wildman–Crippen LogP) is 4.91. The number of nitrogens with one attached hydrogen (secondary N) is 2. The van der Waals surface area contributed by atoms with Crippen LogP contribution in [0.15, 0.2) is 72.8 Å². The Hall–Kier alpha value is -3.80. The number of urea groups is 1. The molecule has 0 aliphatic carbocycles. The molecule has 3 aromatic carbocycles. The van der Waals surface area contributed by atoms with Crippen LogP contribution in [0.25, 0.3) is 0 Å². The molecular formula is C27H30N4O2. The number of nitrogens with zero attached hydrogens (tertiary/aromatic N) is 2. The maximum absolute atomic E-state index is 12.9. The molecule has 4 rings (SSSR count). The first-order valence-corrected chi connectivity index (χ1v) is 11.3. The van der Waals surface area contributed by atoms with Crippen molar-refractivity contribution in [3.05, 3.63) is 89.5 Å². The van der Waals surface area contributed by atoms with Crippen molar-refractivity contribution >= 4 is 29.0 Å². The summed E-state index contributed by atoms with van der Waals surface area (Å²) in [5.74, 6) is 0.163. The van der Waals surface area contributed by atoms with Gasteiger partial charge in [0.1, 0.15) is 0 Å². The summed E-state index contributed by atoms with van der Waals surface area (Å²) < 4.78 is 0. The van der Waals surface area contributed by atoms with Crippen molar-refractivity contribution < 1.29 is 9.59 Å². The molecule has 0 spiro atoms. The molecule has 3 aromatic rings. The molecule has 3 amide bonds. The van der Waals surface area contributed by atoms with E-state index in [4.69, 9.17) is 0 Å². The standard InChI is InChI=1S/C27H30N4O2/c1-30(2)23-12-6-8-20(18-23)14-15-26(32)31-17-16-24-21(19-31)9-7-13-25(24)29-27(33)28-22-10-4-3-5-11-22/h3-13,18H,14-17,19H2,1-2H3,(H2,28,29,33). The van der Waals surface area contributed by atoms with E-state index < -0.39 is 0 Å². The van der Waals surface area contributed by atoms with Gasteiger partial charge in [-0.05, 0) is 59.9 Å². The number of benzene rings is 3. The van der Waals surface area contributed by atoms with Crippen LogP contribution >= 0.6 is 0 Å². The monoisotopic (exact) mass is 442 g/mol. The fourth-order valence-corrected chi connectivity index (χ4v) is 4.15. The number of carbonyl (C=O) groups excluding carboxylic acids is 2. The minimum Gasteiger partial charge on any atom is -0.378 e. The van der Waals surface area contributed by atoms with Crippen LogP contribution in [-0.2, 0) is 24.2 Å². The number of amides is 3. The zero-order valence-corrected chi connectivity index (χ0v) is 19.2. The number of carbonyl (C=O) groups is 2. The van der Waals surface area contributed by atoms with Crippen molar-refractivity contribution in [3.63, 3.8) is 0 Å². The molecule has 0 radical (unpaired) electrons. The van der Waals surface area contributed by atoms with E-state index >= 15 is 0 Å². The summed E-state index contributed by atoms with van der Waals surface area (Å²) in [4.78, 5) is 29.3. The lowest BCUT2D eigenvalue weighted by molar-refractivity contribution is -0.132. The van der Waals surface area contributed by atoms with Crippen LogP contribution in [-0.4, -0.2) is 37.5 Å². The van der Waals surface area contributed by atoms with Crippen molar-refractivity contribution in [2.45, 2.75) is 25.8 Å². The van der Waals surface area contributed by atoms with Gasteiger partial charge in [-0.3, -0.25) is 4.79 Å². The van der Waals surface area contributed by atoms with Crippen LogP contribution in [0.5, 0.6) is 0 Å². The highest BCUT2D eigenvalue weighted by Gasteiger charge is 2.23. The highest BCUT2D eigenvalue weighted by molar-refractivity contribution is 6.00. The zero-order valence-electron chi connectivity index (χ0n) is 19.2. The number of anilines is 3. The lowest BCUT2D eigenvalue weighted by Crippen LogP contribution is -2.36. The molecule has 0 saturated heterocycles. The van der Waals surface area contributed by atoms with Gasteiger partial charge in [-0.15, -0.1) is 0 Å². The van der Waals surface area contributed by atoms with Gasteiger partial charge in [0.2, 0.25) is 5.91 Å². The maximum Gasteiger partial charge on any atom is 0.323 e. The predicted molar refractivity (Wildman–Crippen MR) is 134 cm³/mol. The molecular weight excluding hydrogens is 412 g/mol. The summed E-state index contributed by atoms with van der Waals surface area (Å²) in [6.45, 7) is 1.23. The third kappa shape index (κ3) is 5.71. The topological polar surface area (TPSA) is 64.7 Å². The van der Waals surface area contributed by atoms with Gasteiger partial charge in [-0.1, -0.05) is 42.5 Å². The van der Waals surface area contributed by atoms with E-state index in [1.165, 1.54) is 5.56 Å².